The number of hydrogen-bond donors (Lipinski definition) is 1. The first-order chi connectivity index (χ1) is 14.6. The molecule has 0 radical (unpaired) electrons. The molecule has 0 bridgehead atoms. The Hall–Kier alpha value is -3.46. The second-order valence-electron chi connectivity index (χ2n) is 6.69. The monoisotopic (exact) mass is 446 g/mol. The van der Waals surface area contributed by atoms with E-state index in [1.54, 1.807) is 18.2 Å². The number of amides is 1. The molecule has 0 fully saturated rings. The molecule has 1 amide bonds. The molecule has 0 aromatic heterocycles. The maximum Gasteiger partial charge on any atom is 0.387 e. The minimum absolute atomic E-state index is 0.0740. The lowest BCUT2D eigenvalue weighted by molar-refractivity contribution is -0.0498. The average molecular weight is 446 g/mol. The summed E-state index contributed by atoms with van der Waals surface area (Å²) in [4.78, 5) is 12.8. The first-order valence-corrected chi connectivity index (χ1v) is 11.0. The highest BCUT2D eigenvalue weighted by molar-refractivity contribution is 7.92. The summed E-state index contributed by atoms with van der Waals surface area (Å²) in [6.45, 7) is -2.96. The highest BCUT2D eigenvalue weighted by Crippen LogP contribution is 2.32. The van der Waals surface area contributed by atoms with Crippen molar-refractivity contribution in [2.24, 2.45) is 0 Å². The van der Waals surface area contributed by atoms with E-state index in [0.717, 1.165) is 21.7 Å². The highest BCUT2D eigenvalue weighted by Gasteiger charge is 2.19. The first kappa shape index (κ1) is 22.2. The number of alkyl halides is 2. The number of anilines is 2. The number of ether oxygens (including phenoxy) is 1. The molecule has 0 heterocycles. The molecule has 0 saturated carbocycles. The molecule has 1 N–H and O–H groups in total. The zero-order valence-corrected chi connectivity index (χ0v) is 17.6. The maximum absolute atomic E-state index is 12.8. The van der Waals surface area contributed by atoms with Crippen LogP contribution in [0.2, 0.25) is 0 Å². The van der Waals surface area contributed by atoms with Crippen LogP contribution in [0.3, 0.4) is 0 Å². The van der Waals surface area contributed by atoms with Crippen molar-refractivity contribution >= 4 is 27.3 Å². The predicted molar refractivity (Wildman–Crippen MR) is 116 cm³/mol. The van der Waals surface area contributed by atoms with E-state index in [1.807, 2.05) is 30.3 Å². The van der Waals surface area contributed by atoms with Crippen LogP contribution in [0.4, 0.5) is 20.2 Å². The van der Waals surface area contributed by atoms with E-state index in [4.69, 9.17) is 0 Å². The second-order valence-corrected chi connectivity index (χ2v) is 8.70. The van der Waals surface area contributed by atoms with Crippen LogP contribution in [0.1, 0.15) is 10.4 Å². The number of nitrogens with zero attached hydrogens (tertiary/aromatic N) is 1. The van der Waals surface area contributed by atoms with Gasteiger partial charge < -0.3 is 10.1 Å². The van der Waals surface area contributed by atoms with E-state index in [1.165, 1.54) is 31.3 Å². The van der Waals surface area contributed by atoms with Gasteiger partial charge in [-0.2, -0.15) is 8.78 Å². The largest absolute Gasteiger partial charge is 0.435 e. The van der Waals surface area contributed by atoms with Crippen LogP contribution in [-0.2, 0) is 10.0 Å². The third kappa shape index (κ3) is 5.58. The zero-order valence-electron chi connectivity index (χ0n) is 16.7. The standard InChI is InChI=1S/C22H20F2N2O4S/c1-26(31(2,28)29)20-13-10-17(15-6-4-3-5-7-15)14-19(20)25-21(27)16-8-11-18(12-9-16)30-22(23)24/h3-14,22H,1-2H3,(H,25,27). The van der Waals surface area contributed by atoms with Gasteiger partial charge in [0.15, 0.2) is 0 Å². The minimum atomic E-state index is -3.58. The fourth-order valence-corrected chi connectivity index (χ4v) is 3.40. The molecule has 9 heteroatoms. The lowest BCUT2D eigenvalue weighted by atomic mass is 10.0. The van der Waals surface area contributed by atoms with Crippen molar-refractivity contribution in [1.82, 2.24) is 0 Å². The molecule has 0 aliphatic heterocycles. The van der Waals surface area contributed by atoms with E-state index in [9.17, 15) is 22.0 Å². The molecule has 3 aromatic carbocycles. The number of sulfonamides is 1. The zero-order chi connectivity index (χ0) is 22.6. The topological polar surface area (TPSA) is 75.7 Å². The van der Waals surface area contributed by atoms with Gasteiger partial charge in [-0.25, -0.2) is 8.42 Å². The van der Waals surface area contributed by atoms with Crippen LogP contribution in [0.25, 0.3) is 11.1 Å². The van der Waals surface area contributed by atoms with Gasteiger partial charge >= 0.3 is 6.61 Å². The molecular formula is C22H20F2N2O4S. The van der Waals surface area contributed by atoms with Crippen molar-refractivity contribution < 1.29 is 26.7 Å². The molecule has 31 heavy (non-hydrogen) atoms. The minimum Gasteiger partial charge on any atom is -0.435 e. The highest BCUT2D eigenvalue weighted by atomic mass is 32.2. The van der Waals surface area contributed by atoms with Gasteiger partial charge in [0.1, 0.15) is 5.75 Å². The molecule has 0 unspecified atom stereocenters. The van der Waals surface area contributed by atoms with Crippen molar-refractivity contribution in [3.63, 3.8) is 0 Å². The summed E-state index contributed by atoms with van der Waals surface area (Å²) in [5.41, 5.74) is 2.43. The quantitative estimate of drug-likeness (QED) is 0.575. The van der Waals surface area contributed by atoms with Gasteiger partial charge in [-0.1, -0.05) is 36.4 Å². The van der Waals surface area contributed by atoms with Gasteiger partial charge in [0, 0.05) is 12.6 Å². The molecule has 0 aliphatic rings. The number of carbonyl (C=O) groups excluding carboxylic acids is 1. The molecule has 0 atom stereocenters. The smallest absolute Gasteiger partial charge is 0.387 e. The van der Waals surface area contributed by atoms with Crippen LogP contribution in [0.5, 0.6) is 5.75 Å². The Bertz CT molecular complexity index is 1170. The Morgan fingerprint density at radius 2 is 1.61 bits per heavy atom. The molecule has 3 aromatic rings. The molecule has 0 spiro atoms. The van der Waals surface area contributed by atoms with Gasteiger partial charge in [0.25, 0.3) is 5.91 Å². The molecule has 0 aliphatic carbocycles. The first-order valence-electron chi connectivity index (χ1n) is 9.15. The van der Waals surface area contributed by atoms with E-state index in [-0.39, 0.29) is 22.7 Å². The Balaban J connectivity index is 1.95. The van der Waals surface area contributed by atoms with Gasteiger partial charge in [-0.3, -0.25) is 9.10 Å². The molecular weight excluding hydrogens is 426 g/mol. The number of hydrogen-bond acceptors (Lipinski definition) is 4. The molecule has 3 rings (SSSR count). The number of nitrogens with one attached hydrogen (secondary N) is 1. The normalized spacial score (nSPS) is 11.3. The van der Waals surface area contributed by atoms with Crippen LogP contribution in [0.15, 0.2) is 72.8 Å². The molecule has 6 nitrogen and oxygen atoms in total. The van der Waals surface area contributed by atoms with Crippen molar-refractivity contribution in [2.75, 3.05) is 22.9 Å². The fourth-order valence-electron chi connectivity index (χ4n) is 2.88. The van der Waals surface area contributed by atoms with Crippen molar-refractivity contribution in [3.8, 4) is 16.9 Å². The van der Waals surface area contributed by atoms with Crippen LogP contribution < -0.4 is 14.4 Å². The van der Waals surface area contributed by atoms with E-state index < -0.39 is 22.5 Å². The summed E-state index contributed by atoms with van der Waals surface area (Å²) in [7, 11) is -2.19. The van der Waals surface area contributed by atoms with Crippen LogP contribution in [-0.4, -0.2) is 34.2 Å². The Morgan fingerprint density at radius 3 is 2.19 bits per heavy atom. The summed E-state index contributed by atoms with van der Waals surface area (Å²) in [5.74, 6) is -0.605. The Labute approximate surface area is 179 Å². The predicted octanol–water partition coefficient (Wildman–Crippen LogP) is 4.60. The van der Waals surface area contributed by atoms with Crippen molar-refractivity contribution in [1.29, 1.82) is 0 Å². The number of halogens is 2. The summed E-state index contributed by atoms with van der Waals surface area (Å²) < 4.78 is 54.1. The third-order valence-corrected chi connectivity index (χ3v) is 5.72. The van der Waals surface area contributed by atoms with Gasteiger partial charge in [0.05, 0.1) is 17.6 Å². The van der Waals surface area contributed by atoms with Crippen molar-refractivity contribution in [3.05, 3.63) is 78.4 Å². The fraction of sp³-hybridized carbons (Fsp3) is 0.136. The van der Waals surface area contributed by atoms with Gasteiger partial charge in [0.2, 0.25) is 10.0 Å². The van der Waals surface area contributed by atoms with Gasteiger partial charge in [-0.15, -0.1) is 0 Å². The summed E-state index contributed by atoms with van der Waals surface area (Å²) in [6.07, 6.45) is 1.06. The van der Waals surface area contributed by atoms with E-state index >= 15 is 0 Å². The van der Waals surface area contributed by atoms with Crippen LogP contribution in [0, 0.1) is 0 Å². The average Bonchev–Trinajstić information content (AvgIpc) is 2.73. The summed E-state index contributed by atoms with van der Waals surface area (Å²) >= 11 is 0. The van der Waals surface area contributed by atoms with E-state index in [0.29, 0.717) is 0 Å². The molecule has 162 valence electrons. The maximum atomic E-state index is 12.8. The third-order valence-electron chi connectivity index (χ3n) is 4.53. The lowest BCUT2D eigenvalue weighted by Gasteiger charge is -2.21. The molecule has 0 saturated heterocycles. The Kier molecular flexibility index (Phi) is 6.55. The summed E-state index contributed by atoms with van der Waals surface area (Å²) in [6, 6.07) is 19.6. The SMILES string of the molecule is CN(c1ccc(-c2ccccc2)cc1NC(=O)c1ccc(OC(F)F)cc1)S(C)(=O)=O. The number of rotatable bonds is 7. The lowest BCUT2D eigenvalue weighted by Crippen LogP contribution is -2.26. The van der Waals surface area contributed by atoms with Crippen LogP contribution >= 0.6 is 0 Å². The number of carbonyl (C=O) groups is 1. The number of benzene rings is 3. The summed E-state index contributed by atoms with van der Waals surface area (Å²) in [5, 5.41) is 2.72. The van der Waals surface area contributed by atoms with Gasteiger partial charge in [-0.05, 0) is 47.5 Å². The second kappa shape index (κ2) is 9.13. The van der Waals surface area contributed by atoms with E-state index in [2.05, 4.69) is 10.1 Å². The van der Waals surface area contributed by atoms with Crippen molar-refractivity contribution in [2.45, 2.75) is 6.61 Å². The Morgan fingerprint density at radius 1 is 0.968 bits per heavy atom.